The van der Waals surface area contributed by atoms with E-state index in [0.717, 1.165) is 18.4 Å². The van der Waals surface area contributed by atoms with Crippen molar-refractivity contribution in [2.75, 3.05) is 6.54 Å². The Hall–Kier alpha value is -0.0400. The molecule has 0 aliphatic heterocycles. The van der Waals surface area contributed by atoms with E-state index in [1.165, 1.54) is 38.5 Å². The Morgan fingerprint density at radius 1 is 1.09 bits per heavy atom. The fourth-order valence-electron chi connectivity index (χ4n) is 2.16. The highest BCUT2D eigenvalue weighted by Crippen LogP contribution is 2.30. The van der Waals surface area contributed by atoms with Gasteiger partial charge in [-0.1, -0.05) is 32.6 Å². The molecule has 0 bridgehead atoms. The van der Waals surface area contributed by atoms with Crippen molar-refractivity contribution in [1.82, 2.24) is 0 Å². The summed E-state index contributed by atoms with van der Waals surface area (Å²) < 4.78 is 0. The quantitative estimate of drug-likeness (QED) is 0.666. The van der Waals surface area contributed by atoms with Crippen molar-refractivity contribution in [1.29, 1.82) is 0 Å². The van der Waals surface area contributed by atoms with Gasteiger partial charge >= 0.3 is 0 Å². The zero-order chi connectivity index (χ0) is 8.10. The number of hydrogen-bond donors (Lipinski definition) is 1. The van der Waals surface area contributed by atoms with Crippen molar-refractivity contribution in [3.05, 3.63) is 0 Å². The molecular weight excluding hydrogens is 134 g/mol. The molecule has 1 aliphatic carbocycles. The Balaban J connectivity index is 2.14. The summed E-state index contributed by atoms with van der Waals surface area (Å²) in [6.45, 7) is 3.20. The van der Waals surface area contributed by atoms with Crippen LogP contribution in [0.4, 0.5) is 0 Å². The summed E-state index contributed by atoms with van der Waals surface area (Å²) in [4.78, 5) is 0. The maximum atomic E-state index is 5.62. The first-order valence-corrected chi connectivity index (χ1v) is 5.06. The highest BCUT2D eigenvalue weighted by Gasteiger charge is 2.18. The molecule has 66 valence electrons. The van der Waals surface area contributed by atoms with E-state index in [2.05, 4.69) is 6.92 Å². The molecule has 0 aromatic carbocycles. The van der Waals surface area contributed by atoms with Crippen LogP contribution in [0.1, 0.15) is 45.4 Å². The van der Waals surface area contributed by atoms with Gasteiger partial charge in [0.1, 0.15) is 0 Å². The molecule has 1 saturated carbocycles. The summed E-state index contributed by atoms with van der Waals surface area (Å²) in [6.07, 6.45) is 8.46. The molecule has 1 fully saturated rings. The molecule has 0 spiro atoms. The predicted octanol–water partition coefficient (Wildman–Crippen LogP) is 2.55. The van der Waals surface area contributed by atoms with Crippen LogP contribution in [0.15, 0.2) is 0 Å². The van der Waals surface area contributed by atoms with E-state index in [9.17, 15) is 0 Å². The molecular formula is C10H21N. The van der Waals surface area contributed by atoms with Gasteiger partial charge in [0.05, 0.1) is 0 Å². The predicted molar refractivity (Wildman–Crippen MR) is 49.4 cm³/mol. The van der Waals surface area contributed by atoms with Gasteiger partial charge in [0.15, 0.2) is 0 Å². The topological polar surface area (TPSA) is 26.0 Å². The van der Waals surface area contributed by atoms with Crippen LogP contribution in [0.3, 0.4) is 0 Å². The van der Waals surface area contributed by atoms with Gasteiger partial charge in [0.25, 0.3) is 0 Å². The third-order valence-corrected chi connectivity index (χ3v) is 3.00. The van der Waals surface area contributed by atoms with E-state index in [1.807, 2.05) is 0 Å². The van der Waals surface area contributed by atoms with Gasteiger partial charge in [-0.3, -0.25) is 0 Å². The van der Waals surface area contributed by atoms with Crippen LogP contribution in [0.25, 0.3) is 0 Å². The Bertz CT molecular complexity index is 93.0. The third-order valence-electron chi connectivity index (χ3n) is 3.00. The molecule has 1 heteroatoms. The van der Waals surface area contributed by atoms with E-state index < -0.39 is 0 Å². The summed E-state index contributed by atoms with van der Waals surface area (Å²) in [5.41, 5.74) is 5.62. The van der Waals surface area contributed by atoms with Gasteiger partial charge < -0.3 is 5.73 Å². The van der Waals surface area contributed by atoms with Crippen molar-refractivity contribution >= 4 is 0 Å². The smallest absolute Gasteiger partial charge is 0.00489 e. The first-order chi connectivity index (χ1) is 5.36. The number of rotatable bonds is 3. The van der Waals surface area contributed by atoms with Gasteiger partial charge in [-0.25, -0.2) is 0 Å². The second kappa shape index (κ2) is 4.76. The highest BCUT2D eigenvalue weighted by molar-refractivity contribution is 4.72. The largest absolute Gasteiger partial charge is 0.330 e. The van der Waals surface area contributed by atoms with Crippen LogP contribution in [-0.2, 0) is 0 Å². The molecule has 0 heterocycles. The van der Waals surface area contributed by atoms with Gasteiger partial charge in [0, 0.05) is 0 Å². The van der Waals surface area contributed by atoms with Crippen molar-refractivity contribution in [3.8, 4) is 0 Å². The van der Waals surface area contributed by atoms with Gasteiger partial charge in [-0.2, -0.15) is 0 Å². The minimum Gasteiger partial charge on any atom is -0.330 e. The van der Waals surface area contributed by atoms with E-state index >= 15 is 0 Å². The average Bonchev–Trinajstić information content (AvgIpc) is 2.07. The van der Waals surface area contributed by atoms with Gasteiger partial charge in [0.2, 0.25) is 0 Å². The van der Waals surface area contributed by atoms with Crippen molar-refractivity contribution in [2.45, 2.75) is 45.4 Å². The molecule has 0 aromatic rings. The summed E-state index contributed by atoms with van der Waals surface area (Å²) in [5.74, 6) is 1.88. The second-order valence-corrected chi connectivity index (χ2v) is 3.91. The molecule has 0 aromatic heterocycles. The average molecular weight is 155 g/mol. The Labute approximate surface area is 70.4 Å². The monoisotopic (exact) mass is 155 g/mol. The maximum absolute atomic E-state index is 5.62. The zero-order valence-corrected chi connectivity index (χ0v) is 7.68. The van der Waals surface area contributed by atoms with E-state index in [0.29, 0.717) is 0 Å². The maximum Gasteiger partial charge on any atom is -0.00489 e. The fourth-order valence-corrected chi connectivity index (χ4v) is 2.16. The Morgan fingerprint density at radius 2 is 1.64 bits per heavy atom. The summed E-state index contributed by atoms with van der Waals surface area (Å²) >= 11 is 0. The lowest BCUT2D eigenvalue weighted by molar-refractivity contribution is 0.267. The molecule has 2 N–H and O–H groups in total. The molecule has 1 rings (SSSR count). The molecule has 11 heavy (non-hydrogen) atoms. The molecule has 1 aliphatic rings. The van der Waals surface area contributed by atoms with Crippen molar-refractivity contribution in [2.24, 2.45) is 17.6 Å². The minimum atomic E-state index is 0.850. The van der Waals surface area contributed by atoms with Crippen LogP contribution in [0.5, 0.6) is 0 Å². The molecule has 0 unspecified atom stereocenters. The first kappa shape index (κ1) is 9.05. The lowest BCUT2D eigenvalue weighted by atomic mass is 9.80. The zero-order valence-electron chi connectivity index (χ0n) is 7.68. The normalized spacial score (nSPS) is 32.2. The van der Waals surface area contributed by atoms with Crippen LogP contribution in [-0.4, -0.2) is 6.54 Å². The Kier molecular flexibility index (Phi) is 3.92. The van der Waals surface area contributed by atoms with Crippen molar-refractivity contribution in [3.63, 3.8) is 0 Å². The van der Waals surface area contributed by atoms with Crippen molar-refractivity contribution < 1.29 is 0 Å². The minimum absolute atomic E-state index is 0.850. The third kappa shape index (κ3) is 2.82. The van der Waals surface area contributed by atoms with Crippen LogP contribution in [0.2, 0.25) is 0 Å². The van der Waals surface area contributed by atoms with E-state index in [-0.39, 0.29) is 0 Å². The fraction of sp³-hybridized carbons (Fsp3) is 1.00. The molecule has 1 nitrogen and oxygen atoms in total. The molecule has 0 saturated heterocycles. The number of hydrogen-bond acceptors (Lipinski definition) is 1. The molecule has 0 radical (unpaired) electrons. The highest BCUT2D eigenvalue weighted by atomic mass is 14.5. The molecule has 0 amide bonds. The summed E-state index contributed by atoms with van der Waals surface area (Å²) in [7, 11) is 0. The van der Waals surface area contributed by atoms with E-state index in [4.69, 9.17) is 5.73 Å². The second-order valence-electron chi connectivity index (χ2n) is 3.91. The van der Waals surface area contributed by atoms with E-state index in [1.54, 1.807) is 0 Å². The SMILES string of the molecule is CCCC1CCC(CN)CC1. The van der Waals surface area contributed by atoms with Gasteiger partial charge in [-0.05, 0) is 31.2 Å². The van der Waals surface area contributed by atoms with Gasteiger partial charge in [-0.15, -0.1) is 0 Å². The lowest BCUT2D eigenvalue weighted by Crippen LogP contribution is -2.21. The van der Waals surface area contributed by atoms with Crippen LogP contribution >= 0.6 is 0 Å². The lowest BCUT2D eigenvalue weighted by Gasteiger charge is -2.27. The van der Waals surface area contributed by atoms with Crippen LogP contribution in [0, 0.1) is 11.8 Å². The number of nitrogens with two attached hydrogens (primary N) is 1. The summed E-state index contributed by atoms with van der Waals surface area (Å²) in [6, 6.07) is 0. The standard InChI is InChI=1S/C10H21N/c1-2-3-9-4-6-10(8-11)7-5-9/h9-10H,2-8,11H2,1H3. The van der Waals surface area contributed by atoms with Crippen LogP contribution < -0.4 is 5.73 Å². The summed E-state index contributed by atoms with van der Waals surface area (Å²) in [5, 5.41) is 0. The molecule has 0 atom stereocenters. The first-order valence-electron chi connectivity index (χ1n) is 5.06. The Morgan fingerprint density at radius 3 is 2.09 bits per heavy atom.